The minimum absolute atomic E-state index is 0.529. The molecule has 0 radical (unpaired) electrons. The van der Waals surface area contributed by atoms with Crippen LogP contribution < -0.4 is 0 Å². The molecule has 0 bridgehead atoms. The lowest BCUT2D eigenvalue weighted by atomic mass is 9.76. The van der Waals surface area contributed by atoms with Crippen molar-refractivity contribution in [1.29, 1.82) is 0 Å². The highest BCUT2D eigenvalue weighted by molar-refractivity contribution is 4.97. The number of aliphatic hydroxyl groups is 1. The van der Waals surface area contributed by atoms with E-state index in [9.17, 15) is 5.11 Å². The van der Waals surface area contributed by atoms with Crippen LogP contribution in [0.1, 0.15) is 51.9 Å². The fourth-order valence-electron chi connectivity index (χ4n) is 2.28. The average molecular weight is 180 g/mol. The molecule has 1 saturated carbocycles. The Morgan fingerprint density at radius 3 is 2.54 bits per heavy atom. The standard InChI is InChI=1S/C12H20O/c1-3-5-11-6-9-12(13,8-4-2)10-7-11/h2,11,13H,3,5-10H2,1H3. The van der Waals surface area contributed by atoms with Gasteiger partial charge in [0, 0.05) is 6.42 Å². The third-order valence-electron chi connectivity index (χ3n) is 3.16. The van der Waals surface area contributed by atoms with Crippen LogP contribution in [0.2, 0.25) is 0 Å². The highest BCUT2D eigenvalue weighted by atomic mass is 16.3. The molecule has 1 nitrogen and oxygen atoms in total. The summed E-state index contributed by atoms with van der Waals surface area (Å²) in [6.45, 7) is 2.22. The Labute approximate surface area is 81.5 Å². The Morgan fingerprint density at radius 2 is 2.08 bits per heavy atom. The van der Waals surface area contributed by atoms with Crippen LogP contribution in [0.3, 0.4) is 0 Å². The first kappa shape index (κ1) is 10.6. The van der Waals surface area contributed by atoms with Gasteiger partial charge in [0.25, 0.3) is 0 Å². The maximum Gasteiger partial charge on any atom is 0.0756 e. The van der Waals surface area contributed by atoms with Gasteiger partial charge in [-0.3, -0.25) is 0 Å². The largest absolute Gasteiger partial charge is 0.389 e. The maximum absolute atomic E-state index is 10.0. The molecule has 1 aliphatic carbocycles. The van der Waals surface area contributed by atoms with E-state index in [1.165, 1.54) is 12.8 Å². The summed E-state index contributed by atoms with van der Waals surface area (Å²) in [6.07, 6.45) is 12.5. The van der Waals surface area contributed by atoms with E-state index in [0.29, 0.717) is 6.42 Å². The van der Waals surface area contributed by atoms with E-state index in [4.69, 9.17) is 6.42 Å². The second-order valence-corrected chi connectivity index (χ2v) is 4.34. The van der Waals surface area contributed by atoms with Crippen LogP contribution in [0.5, 0.6) is 0 Å². The topological polar surface area (TPSA) is 20.2 Å². The number of hydrogen-bond acceptors (Lipinski definition) is 1. The van der Waals surface area contributed by atoms with Gasteiger partial charge in [0.05, 0.1) is 5.60 Å². The van der Waals surface area contributed by atoms with Crippen LogP contribution in [0.15, 0.2) is 0 Å². The van der Waals surface area contributed by atoms with Gasteiger partial charge in [0.2, 0.25) is 0 Å². The molecule has 0 aromatic carbocycles. The van der Waals surface area contributed by atoms with Crippen molar-refractivity contribution in [3.05, 3.63) is 0 Å². The lowest BCUT2D eigenvalue weighted by molar-refractivity contribution is -0.00570. The van der Waals surface area contributed by atoms with Gasteiger partial charge < -0.3 is 5.11 Å². The van der Waals surface area contributed by atoms with Crippen LogP contribution in [0.25, 0.3) is 0 Å². The number of hydrogen-bond donors (Lipinski definition) is 1. The van der Waals surface area contributed by atoms with Gasteiger partial charge >= 0.3 is 0 Å². The quantitative estimate of drug-likeness (QED) is 0.662. The van der Waals surface area contributed by atoms with Crippen LogP contribution in [0.4, 0.5) is 0 Å². The normalized spacial score (nSPS) is 34.1. The first-order valence-electron chi connectivity index (χ1n) is 5.36. The third-order valence-corrected chi connectivity index (χ3v) is 3.16. The molecule has 1 N–H and O–H groups in total. The van der Waals surface area contributed by atoms with Gasteiger partial charge in [-0.05, 0) is 31.6 Å². The van der Waals surface area contributed by atoms with E-state index >= 15 is 0 Å². The minimum atomic E-state index is -0.529. The molecule has 13 heavy (non-hydrogen) atoms. The molecule has 0 aliphatic heterocycles. The van der Waals surface area contributed by atoms with Crippen LogP contribution in [-0.4, -0.2) is 10.7 Å². The molecule has 0 unspecified atom stereocenters. The zero-order valence-electron chi connectivity index (χ0n) is 8.55. The summed E-state index contributed by atoms with van der Waals surface area (Å²) in [5.41, 5.74) is -0.529. The van der Waals surface area contributed by atoms with Gasteiger partial charge in [-0.1, -0.05) is 19.8 Å². The summed E-state index contributed by atoms with van der Waals surface area (Å²) in [5, 5.41) is 10.0. The first-order chi connectivity index (χ1) is 6.20. The van der Waals surface area contributed by atoms with E-state index < -0.39 is 5.60 Å². The van der Waals surface area contributed by atoms with E-state index in [0.717, 1.165) is 31.6 Å². The fourth-order valence-corrected chi connectivity index (χ4v) is 2.28. The predicted molar refractivity (Wildman–Crippen MR) is 55.3 cm³/mol. The van der Waals surface area contributed by atoms with Crippen molar-refractivity contribution >= 4 is 0 Å². The fraction of sp³-hybridized carbons (Fsp3) is 0.833. The van der Waals surface area contributed by atoms with Crippen molar-refractivity contribution in [3.8, 4) is 12.3 Å². The summed E-state index contributed by atoms with van der Waals surface area (Å²) < 4.78 is 0. The monoisotopic (exact) mass is 180 g/mol. The SMILES string of the molecule is C#CCC1(O)CCC(CCC)CC1. The van der Waals surface area contributed by atoms with E-state index in [-0.39, 0.29) is 0 Å². The van der Waals surface area contributed by atoms with Crippen molar-refractivity contribution in [2.75, 3.05) is 0 Å². The summed E-state index contributed by atoms with van der Waals surface area (Å²) in [5.74, 6) is 3.41. The van der Waals surface area contributed by atoms with E-state index in [1.54, 1.807) is 0 Å². The van der Waals surface area contributed by atoms with Crippen molar-refractivity contribution < 1.29 is 5.11 Å². The second-order valence-electron chi connectivity index (χ2n) is 4.34. The maximum atomic E-state index is 10.0. The Balaban J connectivity index is 2.34. The molecule has 74 valence electrons. The molecule has 0 spiro atoms. The zero-order valence-corrected chi connectivity index (χ0v) is 8.55. The summed E-state index contributed by atoms with van der Waals surface area (Å²) in [7, 11) is 0. The Hall–Kier alpha value is -0.480. The van der Waals surface area contributed by atoms with Gasteiger partial charge in [0.15, 0.2) is 0 Å². The molecule has 1 fully saturated rings. The van der Waals surface area contributed by atoms with Gasteiger partial charge in [0.1, 0.15) is 0 Å². The van der Waals surface area contributed by atoms with Gasteiger partial charge in [-0.25, -0.2) is 0 Å². The number of terminal acetylenes is 1. The molecular weight excluding hydrogens is 160 g/mol. The molecule has 0 atom stereocenters. The highest BCUT2D eigenvalue weighted by Crippen LogP contribution is 2.35. The van der Waals surface area contributed by atoms with E-state index in [1.807, 2.05) is 0 Å². The summed E-state index contributed by atoms with van der Waals surface area (Å²) >= 11 is 0. The molecule has 1 aliphatic rings. The van der Waals surface area contributed by atoms with Gasteiger partial charge in [-0.15, -0.1) is 12.3 Å². The Bertz CT molecular complexity index is 182. The minimum Gasteiger partial charge on any atom is -0.389 e. The average Bonchev–Trinajstić information content (AvgIpc) is 2.10. The number of rotatable bonds is 3. The first-order valence-corrected chi connectivity index (χ1v) is 5.36. The summed E-state index contributed by atoms with van der Waals surface area (Å²) in [6, 6.07) is 0. The van der Waals surface area contributed by atoms with Crippen molar-refractivity contribution in [2.24, 2.45) is 5.92 Å². The van der Waals surface area contributed by atoms with Crippen molar-refractivity contribution in [2.45, 2.75) is 57.5 Å². The van der Waals surface area contributed by atoms with Crippen molar-refractivity contribution in [1.82, 2.24) is 0 Å². The molecular formula is C12H20O. The van der Waals surface area contributed by atoms with Crippen LogP contribution in [-0.2, 0) is 0 Å². The Morgan fingerprint density at radius 1 is 1.46 bits per heavy atom. The molecule has 0 amide bonds. The zero-order chi connectivity index (χ0) is 9.73. The predicted octanol–water partition coefficient (Wildman–Crippen LogP) is 2.73. The highest BCUT2D eigenvalue weighted by Gasteiger charge is 2.31. The van der Waals surface area contributed by atoms with Crippen molar-refractivity contribution in [3.63, 3.8) is 0 Å². The molecule has 1 heteroatoms. The van der Waals surface area contributed by atoms with Crippen LogP contribution >= 0.6 is 0 Å². The third kappa shape index (κ3) is 3.04. The van der Waals surface area contributed by atoms with Gasteiger partial charge in [-0.2, -0.15) is 0 Å². The molecule has 0 heterocycles. The molecule has 0 saturated heterocycles. The molecule has 0 aromatic heterocycles. The molecule has 1 rings (SSSR count). The molecule has 0 aromatic rings. The lowest BCUT2D eigenvalue weighted by Crippen LogP contribution is -2.33. The smallest absolute Gasteiger partial charge is 0.0756 e. The second kappa shape index (κ2) is 4.67. The van der Waals surface area contributed by atoms with Crippen LogP contribution in [0, 0.1) is 18.3 Å². The lowest BCUT2D eigenvalue weighted by Gasteiger charge is -2.34. The Kier molecular flexibility index (Phi) is 3.81. The van der Waals surface area contributed by atoms with E-state index in [2.05, 4.69) is 12.8 Å². The summed E-state index contributed by atoms with van der Waals surface area (Å²) in [4.78, 5) is 0.